The van der Waals surface area contributed by atoms with Gasteiger partial charge in [0.1, 0.15) is 0 Å². The van der Waals surface area contributed by atoms with Crippen LogP contribution in [0, 0.1) is 0 Å². The smallest absolute Gasteiger partial charge is 0.240 e. The van der Waals surface area contributed by atoms with Gasteiger partial charge in [-0.15, -0.1) is 0 Å². The fourth-order valence-electron chi connectivity index (χ4n) is 3.40. The van der Waals surface area contributed by atoms with Gasteiger partial charge in [-0.1, -0.05) is 48.3 Å². The third kappa shape index (κ3) is 4.41. The van der Waals surface area contributed by atoms with Crippen molar-refractivity contribution in [3.8, 4) is 0 Å². The highest BCUT2D eigenvalue weighted by molar-refractivity contribution is 5.17. The van der Waals surface area contributed by atoms with Crippen molar-refractivity contribution in [3.63, 3.8) is 0 Å². The van der Waals surface area contributed by atoms with Gasteiger partial charge in [0.15, 0.2) is 5.82 Å². The Bertz CT molecular complexity index is 616. The summed E-state index contributed by atoms with van der Waals surface area (Å²) in [5.74, 6) is 1.15. The second-order valence-corrected chi connectivity index (χ2v) is 6.44. The minimum Gasteiger partial charge on any atom is -0.388 e. The van der Waals surface area contributed by atoms with Crippen LogP contribution in [-0.2, 0) is 13.1 Å². The maximum absolute atomic E-state index is 10.6. The quantitative estimate of drug-likeness (QED) is 0.845. The number of likely N-dealkylation sites (tertiary alicyclic amines) is 1. The highest BCUT2D eigenvalue weighted by Crippen LogP contribution is 2.27. The molecule has 1 saturated heterocycles. The molecule has 0 amide bonds. The zero-order valence-corrected chi connectivity index (χ0v) is 14.0. The Kier molecular flexibility index (Phi) is 5.96. The number of aromatic nitrogens is 2. The minimum absolute atomic E-state index is 0.267. The molecule has 130 valence electrons. The van der Waals surface area contributed by atoms with Crippen LogP contribution in [0.25, 0.3) is 0 Å². The molecule has 0 saturated carbocycles. The molecule has 0 spiro atoms. The first-order valence-corrected chi connectivity index (χ1v) is 8.75. The number of aliphatic hydroxyl groups excluding tert-OH is 1. The molecule has 6 heteroatoms. The number of hydrogen-bond acceptors (Lipinski definition) is 6. The van der Waals surface area contributed by atoms with Crippen LogP contribution in [0.2, 0.25) is 0 Å². The molecule has 3 rings (SSSR count). The van der Waals surface area contributed by atoms with E-state index in [2.05, 4.69) is 15.0 Å². The van der Waals surface area contributed by atoms with E-state index in [0.29, 0.717) is 24.3 Å². The van der Waals surface area contributed by atoms with Crippen LogP contribution in [0.15, 0.2) is 34.9 Å². The van der Waals surface area contributed by atoms with Gasteiger partial charge in [0.2, 0.25) is 5.89 Å². The van der Waals surface area contributed by atoms with Gasteiger partial charge in [-0.2, -0.15) is 4.98 Å². The normalized spacial score (nSPS) is 20.7. The molecule has 1 aliphatic heterocycles. The highest BCUT2D eigenvalue weighted by Gasteiger charge is 2.25. The summed E-state index contributed by atoms with van der Waals surface area (Å²) >= 11 is 0. The molecule has 2 unspecified atom stereocenters. The van der Waals surface area contributed by atoms with E-state index in [9.17, 15) is 5.11 Å². The summed E-state index contributed by atoms with van der Waals surface area (Å²) in [4.78, 5) is 6.70. The number of aliphatic hydroxyl groups is 1. The maximum Gasteiger partial charge on any atom is 0.240 e. The van der Waals surface area contributed by atoms with E-state index < -0.39 is 6.10 Å². The van der Waals surface area contributed by atoms with Crippen LogP contribution in [0.3, 0.4) is 0 Å². The van der Waals surface area contributed by atoms with Crippen LogP contribution in [0.5, 0.6) is 0 Å². The summed E-state index contributed by atoms with van der Waals surface area (Å²) in [5.41, 5.74) is 6.51. The van der Waals surface area contributed by atoms with E-state index in [1.165, 1.54) is 19.3 Å². The average Bonchev–Trinajstić information content (AvgIpc) is 2.97. The van der Waals surface area contributed by atoms with Crippen LogP contribution in [-0.4, -0.2) is 32.7 Å². The lowest BCUT2D eigenvalue weighted by atomic mass is 9.98. The topological polar surface area (TPSA) is 88.4 Å². The second-order valence-electron chi connectivity index (χ2n) is 6.44. The molecule has 0 bridgehead atoms. The molecule has 2 heterocycles. The van der Waals surface area contributed by atoms with Crippen molar-refractivity contribution in [2.24, 2.45) is 5.73 Å². The van der Waals surface area contributed by atoms with Gasteiger partial charge in [-0.25, -0.2) is 0 Å². The van der Waals surface area contributed by atoms with E-state index in [-0.39, 0.29) is 6.54 Å². The SMILES string of the molecule is NCc1nc(CN2CCCCCC2CC(O)c2ccccc2)no1. The fraction of sp³-hybridized carbons (Fsp3) is 0.556. The lowest BCUT2D eigenvalue weighted by Gasteiger charge is -2.30. The van der Waals surface area contributed by atoms with Gasteiger partial charge >= 0.3 is 0 Å². The van der Waals surface area contributed by atoms with Gasteiger partial charge in [0, 0.05) is 6.04 Å². The molecule has 1 aromatic heterocycles. The number of nitrogens with two attached hydrogens (primary N) is 1. The van der Waals surface area contributed by atoms with Crippen LogP contribution in [0.4, 0.5) is 0 Å². The molecule has 0 radical (unpaired) electrons. The number of rotatable bonds is 6. The molecular weight excluding hydrogens is 304 g/mol. The number of hydrogen-bond donors (Lipinski definition) is 2. The van der Waals surface area contributed by atoms with Crippen molar-refractivity contribution in [3.05, 3.63) is 47.6 Å². The Balaban J connectivity index is 1.67. The van der Waals surface area contributed by atoms with Gasteiger partial charge in [-0.3, -0.25) is 4.90 Å². The molecule has 0 aliphatic carbocycles. The van der Waals surface area contributed by atoms with E-state index in [1.54, 1.807) is 0 Å². The van der Waals surface area contributed by atoms with E-state index in [0.717, 1.165) is 24.9 Å². The van der Waals surface area contributed by atoms with Crippen molar-refractivity contribution < 1.29 is 9.63 Å². The van der Waals surface area contributed by atoms with Gasteiger partial charge in [-0.05, 0) is 31.4 Å². The molecule has 1 aliphatic rings. The van der Waals surface area contributed by atoms with Crippen molar-refractivity contribution in [1.29, 1.82) is 0 Å². The second kappa shape index (κ2) is 8.37. The predicted octanol–water partition coefficient (Wildman–Crippen LogP) is 2.40. The Morgan fingerprint density at radius 1 is 1.25 bits per heavy atom. The molecule has 2 aromatic rings. The minimum atomic E-state index is -0.443. The number of benzene rings is 1. The summed E-state index contributed by atoms with van der Waals surface area (Å²) in [5, 5.41) is 14.6. The molecular formula is C18H26N4O2. The standard InChI is InChI=1S/C18H26N4O2/c19-12-18-20-17(21-24-18)13-22-10-6-2-5-9-15(22)11-16(23)14-7-3-1-4-8-14/h1,3-4,7-8,15-16,23H,2,5-6,9-13,19H2. The first-order chi connectivity index (χ1) is 11.8. The fourth-order valence-corrected chi connectivity index (χ4v) is 3.40. The number of nitrogens with zero attached hydrogens (tertiary/aromatic N) is 3. The van der Waals surface area contributed by atoms with Crippen molar-refractivity contribution in [2.75, 3.05) is 6.54 Å². The maximum atomic E-state index is 10.6. The van der Waals surface area contributed by atoms with E-state index in [4.69, 9.17) is 10.3 Å². The Morgan fingerprint density at radius 3 is 2.83 bits per heavy atom. The predicted molar refractivity (Wildman–Crippen MR) is 90.9 cm³/mol. The van der Waals surface area contributed by atoms with Crippen molar-refractivity contribution >= 4 is 0 Å². The van der Waals surface area contributed by atoms with Crippen molar-refractivity contribution in [1.82, 2.24) is 15.0 Å². The summed E-state index contributed by atoms with van der Waals surface area (Å²) in [6, 6.07) is 10.2. The Morgan fingerprint density at radius 2 is 2.08 bits per heavy atom. The molecule has 3 N–H and O–H groups in total. The highest BCUT2D eigenvalue weighted by atomic mass is 16.5. The Hall–Kier alpha value is -1.76. The third-order valence-electron chi connectivity index (χ3n) is 4.71. The van der Waals surface area contributed by atoms with Gasteiger partial charge in [0.25, 0.3) is 0 Å². The zero-order chi connectivity index (χ0) is 16.8. The van der Waals surface area contributed by atoms with Crippen LogP contribution >= 0.6 is 0 Å². The van der Waals surface area contributed by atoms with Crippen LogP contribution < -0.4 is 5.73 Å². The summed E-state index contributed by atoms with van der Waals surface area (Å²) in [7, 11) is 0. The van der Waals surface area contributed by atoms with Gasteiger partial charge in [0.05, 0.1) is 19.2 Å². The molecule has 1 fully saturated rings. The van der Waals surface area contributed by atoms with Crippen LogP contribution in [0.1, 0.15) is 55.5 Å². The molecule has 2 atom stereocenters. The summed E-state index contributed by atoms with van der Waals surface area (Å²) < 4.78 is 5.11. The lowest BCUT2D eigenvalue weighted by molar-refractivity contribution is 0.0955. The van der Waals surface area contributed by atoms with Crippen molar-refractivity contribution in [2.45, 2.75) is 57.3 Å². The third-order valence-corrected chi connectivity index (χ3v) is 4.71. The average molecular weight is 330 g/mol. The first kappa shape index (κ1) is 17.1. The van der Waals surface area contributed by atoms with E-state index in [1.807, 2.05) is 30.3 Å². The molecule has 1 aromatic carbocycles. The Labute approximate surface area is 142 Å². The van der Waals surface area contributed by atoms with Gasteiger partial charge < -0.3 is 15.4 Å². The van der Waals surface area contributed by atoms with E-state index >= 15 is 0 Å². The zero-order valence-electron chi connectivity index (χ0n) is 14.0. The molecule has 24 heavy (non-hydrogen) atoms. The lowest BCUT2D eigenvalue weighted by Crippen LogP contribution is -2.36. The summed E-state index contributed by atoms with van der Waals surface area (Å²) in [6.45, 7) is 1.91. The summed E-state index contributed by atoms with van der Waals surface area (Å²) in [6.07, 6.45) is 4.97. The first-order valence-electron chi connectivity index (χ1n) is 8.75. The molecule has 6 nitrogen and oxygen atoms in total. The largest absolute Gasteiger partial charge is 0.388 e. The monoisotopic (exact) mass is 330 g/mol.